The molecule has 0 aliphatic rings. The van der Waals surface area contributed by atoms with Gasteiger partial charge >= 0.3 is 0 Å². The van der Waals surface area contributed by atoms with E-state index in [9.17, 15) is 0 Å². The SMILES string of the molecule is C=C(C)C[C@H](N)c1ccccc1OCC.Cl. The van der Waals surface area contributed by atoms with E-state index >= 15 is 0 Å². The van der Waals surface area contributed by atoms with Gasteiger partial charge in [0.15, 0.2) is 0 Å². The van der Waals surface area contributed by atoms with Gasteiger partial charge in [-0.25, -0.2) is 0 Å². The molecule has 0 amide bonds. The van der Waals surface area contributed by atoms with E-state index in [1.54, 1.807) is 0 Å². The fraction of sp³-hybridized carbons (Fsp3) is 0.385. The van der Waals surface area contributed by atoms with Crippen LogP contribution in [-0.2, 0) is 0 Å². The predicted octanol–water partition coefficient (Wildman–Crippen LogP) is 3.47. The number of nitrogens with two attached hydrogens (primary N) is 1. The van der Waals surface area contributed by atoms with Gasteiger partial charge in [-0.2, -0.15) is 0 Å². The summed E-state index contributed by atoms with van der Waals surface area (Å²) in [6, 6.07) is 7.89. The first-order chi connectivity index (χ1) is 7.15. The van der Waals surface area contributed by atoms with Crippen molar-refractivity contribution in [2.75, 3.05) is 6.61 Å². The van der Waals surface area contributed by atoms with Crippen molar-refractivity contribution in [2.45, 2.75) is 26.3 Å². The molecule has 0 saturated carbocycles. The van der Waals surface area contributed by atoms with Gasteiger partial charge in [-0.05, 0) is 26.3 Å². The van der Waals surface area contributed by atoms with Gasteiger partial charge in [-0.3, -0.25) is 0 Å². The highest BCUT2D eigenvalue weighted by molar-refractivity contribution is 5.85. The lowest BCUT2D eigenvalue weighted by molar-refractivity contribution is 0.334. The van der Waals surface area contributed by atoms with Crippen LogP contribution in [0.3, 0.4) is 0 Å². The van der Waals surface area contributed by atoms with E-state index < -0.39 is 0 Å². The van der Waals surface area contributed by atoms with Crippen LogP contribution in [0, 0.1) is 0 Å². The molecule has 0 aromatic heterocycles. The van der Waals surface area contributed by atoms with Gasteiger partial charge in [0.1, 0.15) is 5.75 Å². The summed E-state index contributed by atoms with van der Waals surface area (Å²) in [5.41, 5.74) is 8.24. The zero-order valence-electron chi connectivity index (χ0n) is 9.90. The van der Waals surface area contributed by atoms with Crippen molar-refractivity contribution in [3.8, 4) is 5.75 Å². The Kier molecular flexibility index (Phi) is 6.86. The summed E-state index contributed by atoms with van der Waals surface area (Å²) in [5, 5.41) is 0. The maximum atomic E-state index is 6.09. The molecule has 2 nitrogen and oxygen atoms in total. The van der Waals surface area contributed by atoms with E-state index in [0.717, 1.165) is 23.3 Å². The van der Waals surface area contributed by atoms with Crippen molar-refractivity contribution in [1.29, 1.82) is 0 Å². The number of hydrogen-bond acceptors (Lipinski definition) is 2. The Labute approximate surface area is 104 Å². The monoisotopic (exact) mass is 241 g/mol. The molecule has 0 fully saturated rings. The third kappa shape index (κ3) is 4.25. The lowest BCUT2D eigenvalue weighted by Gasteiger charge is -2.16. The molecule has 0 unspecified atom stereocenters. The molecule has 3 heteroatoms. The van der Waals surface area contributed by atoms with Crippen LogP contribution in [0.4, 0.5) is 0 Å². The van der Waals surface area contributed by atoms with E-state index in [0.29, 0.717) is 6.61 Å². The smallest absolute Gasteiger partial charge is 0.124 e. The topological polar surface area (TPSA) is 35.2 Å². The zero-order valence-corrected chi connectivity index (χ0v) is 10.7. The largest absolute Gasteiger partial charge is 0.494 e. The summed E-state index contributed by atoms with van der Waals surface area (Å²) < 4.78 is 5.53. The first-order valence-corrected chi connectivity index (χ1v) is 5.26. The fourth-order valence-corrected chi connectivity index (χ4v) is 1.56. The van der Waals surface area contributed by atoms with Crippen molar-refractivity contribution in [3.63, 3.8) is 0 Å². The molecular formula is C13H20ClNO. The zero-order chi connectivity index (χ0) is 11.3. The number of para-hydroxylation sites is 1. The standard InChI is InChI=1S/C13H19NO.ClH/c1-4-15-13-8-6-5-7-11(13)12(14)9-10(2)3;/h5-8,12H,2,4,9,14H2,1,3H3;1H/t12-;/m0./s1. The van der Waals surface area contributed by atoms with Gasteiger partial charge in [0, 0.05) is 11.6 Å². The third-order valence-electron chi connectivity index (χ3n) is 2.19. The highest BCUT2D eigenvalue weighted by Gasteiger charge is 2.11. The lowest BCUT2D eigenvalue weighted by atomic mass is 10.0. The van der Waals surface area contributed by atoms with Crippen molar-refractivity contribution in [2.24, 2.45) is 5.73 Å². The van der Waals surface area contributed by atoms with Crippen LogP contribution in [0.1, 0.15) is 31.9 Å². The minimum absolute atomic E-state index is 0. The number of hydrogen-bond donors (Lipinski definition) is 1. The number of ether oxygens (including phenoxy) is 1. The van der Waals surface area contributed by atoms with Crippen LogP contribution in [0.2, 0.25) is 0 Å². The Bertz CT molecular complexity index is 338. The second kappa shape index (κ2) is 7.31. The molecule has 2 N–H and O–H groups in total. The minimum atomic E-state index is -0.0229. The number of benzene rings is 1. The van der Waals surface area contributed by atoms with Gasteiger partial charge in [-0.15, -0.1) is 19.0 Å². The van der Waals surface area contributed by atoms with Gasteiger partial charge in [-0.1, -0.05) is 23.8 Å². The van der Waals surface area contributed by atoms with Crippen molar-refractivity contribution < 1.29 is 4.74 Å². The summed E-state index contributed by atoms with van der Waals surface area (Å²) >= 11 is 0. The lowest BCUT2D eigenvalue weighted by Crippen LogP contribution is -2.12. The summed E-state index contributed by atoms with van der Waals surface area (Å²) in [7, 11) is 0. The maximum Gasteiger partial charge on any atom is 0.124 e. The Morgan fingerprint density at radius 2 is 2.06 bits per heavy atom. The molecule has 0 heterocycles. The molecule has 1 rings (SSSR count). The molecule has 16 heavy (non-hydrogen) atoms. The predicted molar refractivity (Wildman–Crippen MR) is 71.2 cm³/mol. The van der Waals surface area contributed by atoms with Crippen LogP contribution in [0.5, 0.6) is 5.75 Å². The molecule has 0 aliphatic carbocycles. The molecule has 0 radical (unpaired) electrons. The van der Waals surface area contributed by atoms with Gasteiger partial charge in [0.25, 0.3) is 0 Å². The van der Waals surface area contributed by atoms with Gasteiger partial charge < -0.3 is 10.5 Å². The first kappa shape index (κ1) is 15.0. The molecule has 1 atom stereocenters. The minimum Gasteiger partial charge on any atom is -0.494 e. The van der Waals surface area contributed by atoms with Crippen LogP contribution in [0.25, 0.3) is 0 Å². The third-order valence-corrected chi connectivity index (χ3v) is 2.19. The average molecular weight is 242 g/mol. The Balaban J connectivity index is 0.00000225. The number of rotatable bonds is 5. The van der Waals surface area contributed by atoms with Crippen LogP contribution in [-0.4, -0.2) is 6.61 Å². The van der Waals surface area contributed by atoms with Crippen LogP contribution < -0.4 is 10.5 Å². The second-order valence-corrected chi connectivity index (χ2v) is 3.74. The molecule has 0 saturated heterocycles. The van der Waals surface area contributed by atoms with E-state index in [1.165, 1.54) is 0 Å². The van der Waals surface area contributed by atoms with Crippen LogP contribution >= 0.6 is 12.4 Å². The average Bonchev–Trinajstić information content (AvgIpc) is 2.18. The van der Waals surface area contributed by atoms with Crippen molar-refractivity contribution in [1.82, 2.24) is 0 Å². The Morgan fingerprint density at radius 1 is 1.44 bits per heavy atom. The summed E-state index contributed by atoms with van der Waals surface area (Å²) in [6.45, 7) is 8.50. The summed E-state index contributed by atoms with van der Waals surface area (Å²) in [4.78, 5) is 0. The summed E-state index contributed by atoms with van der Waals surface area (Å²) in [5.74, 6) is 0.883. The normalized spacial score (nSPS) is 11.4. The van der Waals surface area contributed by atoms with E-state index in [-0.39, 0.29) is 18.4 Å². The van der Waals surface area contributed by atoms with Crippen molar-refractivity contribution >= 4 is 12.4 Å². The summed E-state index contributed by atoms with van der Waals surface area (Å²) in [6.07, 6.45) is 0.796. The quantitative estimate of drug-likeness (QED) is 0.802. The molecule has 1 aromatic carbocycles. The molecule has 0 bridgehead atoms. The number of halogens is 1. The van der Waals surface area contributed by atoms with Crippen LogP contribution in [0.15, 0.2) is 36.4 Å². The molecular weight excluding hydrogens is 222 g/mol. The second-order valence-electron chi connectivity index (χ2n) is 3.74. The Morgan fingerprint density at radius 3 is 2.62 bits per heavy atom. The van der Waals surface area contributed by atoms with E-state index in [4.69, 9.17) is 10.5 Å². The Hall–Kier alpha value is -0.990. The van der Waals surface area contributed by atoms with Gasteiger partial charge in [0.2, 0.25) is 0 Å². The van der Waals surface area contributed by atoms with Crippen molar-refractivity contribution in [3.05, 3.63) is 42.0 Å². The highest BCUT2D eigenvalue weighted by Crippen LogP contribution is 2.26. The molecule has 0 spiro atoms. The highest BCUT2D eigenvalue weighted by atomic mass is 35.5. The van der Waals surface area contributed by atoms with E-state index in [1.807, 2.05) is 38.1 Å². The van der Waals surface area contributed by atoms with Gasteiger partial charge in [0.05, 0.1) is 6.61 Å². The molecule has 1 aromatic rings. The maximum absolute atomic E-state index is 6.09. The molecule has 0 aliphatic heterocycles. The van der Waals surface area contributed by atoms with E-state index in [2.05, 4.69) is 6.58 Å². The first-order valence-electron chi connectivity index (χ1n) is 5.26. The molecule has 90 valence electrons. The fourth-order valence-electron chi connectivity index (χ4n) is 1.56.